The van der Waals surface area contributed by atoms with Gasteiger partial charge in [0, 0.05) is 12.2 Å². The van der Waals surface area contributed by atoms with E-state index >= 15 is 0 Å². The number of nitrogens with one attached hydrogen (secondary N) is 2. The summed E-state index contributed by atoms with van der Waals surface area (Å²) in [5, 5.41) is 14.6. The Balaban J connectivity index is 1.95. The zero-order chi connectivity index (χ0) is 17.5. The summed E-state index contributed by atoms with van der Waals surface area (Å²) in [6.07, 6.45) is 0. The van der Waals surface area contributed by atoms with Crippen LogP contribution in [0.25, 0.3) is 0 Å². The molecule has 24 heavy (non-hydrogen) atoms. The maximum Gasteiger partial charge on any atom is 0.337 e. The van der Waals surface area contributed by atoms with Crippen molar-refractivity contribution in [3.8, 4) is 0 Å². The molecule has 0 atom stereocenters. The quantitative estimate of drug-likeness (QED) is 0.575. The molecular weight excluding hydrogens is 348 g/mol. The SMILES string of the molecule is CCNc1nnc(SCC(=O)Nc2cc(C(=O)OC)ccc2C)s1. The molecule has 0 fully saturated rings. The molecule has 9 heteroatoms. The lowest BCUT2D eigenvalue weighted by Crippen LogP contribution is -2.15. The summed E-state index contributed by atoms with van der Waals surface area (Å²) in [7, 11) is 1.32. The van der Waals surface area contributed by atoms with Gasteiger partial charge in [-0.1, -0.05) is 29.2 Å². The number of carbonyl (C=O) groups is 2. The van der Waals surface area contributed by atoms with Gasteiger partial charge in [0.05, 0.1) is 18.4 Å². The van der Waals surface area contributed by atoms with Crippen LogP contribution >= 0.6 is 23.1 Å². The number of aromatic nitrogens is 2. The Morgan fingerprint density at radius 1 is 1.33 bits per heavy atom. The second kappa shape index (κ2) is 8.65. The van der Waals surface area contributed by atoms with E-state index in [0.717, 1.165) is 21.6 Å². The predicted molar refractivity (Wildman–Crippen MR) is 95.9 cm³/mol. The number of hydrogen-bond acceptors (Lipinski definition) is 8. The van der Waals surface area contributed by atoms with E-state index in [1.165, 1.54) is 30.2 Å². The van der Waals surface area contributed by atoms with Crippen LogP contribution in [0, 0.1) is 6.92 Å². The van der Waals surface area contributed by atoms with Gasteiger partial charge in [-0.3, -0.25) is 4.79 Å². The number of esters is 1. The van der Waals surface area contributed by atoms with Crippen molar-refractivity contribution < 1.29 is 14.3 Å². The Kier molecular flexibility index (Phi) is 6.56. The molecule has 0 unspecified atom stereocenters. The standard InChI is InChI=1S/C15H18N4O3S2/c1-4-16-14-18-19-15(24-14)23-8-12(20)17-11-7-10(13(21)22-3)6-5-9(11)2/h5-7H,4,8H2,1-3H3,(H,16,18)(H,17,20). The Labute approximate surface area is 148 Å². The summed E-state index contributed by atoms with van der Waals surface area (Å²) in [5.74, 6) is -0.405. The fourth-order valence-electron chi connectivity index (χ4n) is 1.81. The molecule has 1 amide bonds. The molecule has 2 rings (SSSR count). The van der Waals surface area contributed by atoms with Crippen molar-refractivity contribution in [2.24, 2.45) is 0 Å². The van der Waals surface area contributed by atoms with E-state index in [4.69, 9.17) is 0 Å². The minimum absolute atomic E-state index is 0.176. The second-order valence-electron chi connectivity index (χ2n) is 4.76. The number of aryl methyl sites for hydroxylation is 1. The number of ether oxygens (including phenoxy) is 1. The molecule has 1 aromatic carbocycles. The molecule has 2 aromatic rings. The van der Waals surface area contributed by atoms with Gasteiger partial charge in [0.25, 0.3) is 0 Å². The number of carbonyl (C=O) groups excluding carboxylic acids is 2. The van der Waals surface area contributed by atoms with Gasteiger partial charge in [-0.25, -0.2) is 4.79 Å². The summed E-state index contributed by atoms with van der Waals surface area (Å²) in [6.45, 7) is 4.61. The van der Waals surface area contributed by atoms with Crippen molar-refractivity contribution in [2.45, 2.75) is 18.2 Å². The molecule has 0 spiro atoms. The van der Waals surface area contributed by atoms with E-state index in [-0.39, 0.29) is 11.7 Å². The van der Waals surface area contributed by atoms with Gasteiger partial charge < -0.3 is 15.4 Å². The minimum atomic E-state index is -0.440. The van der Waals surface area contributed by atoms with Crippen molar-refractivity contribution in [3.05, 3.63) is 29.3 Å². The van der Waals surface area contributed by atoms with Gasteiger partial charge in [-0.2, -0.15) is 0 Å². The van der Waals surface area contributed by atoms with Crippen molar-refractivity contribution in [1.82, 2.24) is 10.2 Å². The topological polar surface area (TPSA) is 93.2 Å². The summed E-state index contributed by atoms with van der Waals surface area (Å²) >= 11 is 2.72. The minimum Gasteiger partial charge on any atom is -0.465 e. The zero-order valence-corrected chi connectivity index (χ0v) is 15.2. The highest BCUT2D eigenvalue weighted by atomic mass is 32.2. The van der Waals surface area contributed by atoms with E-state index < -0.39 is 5.97 Å². The third-order valence-corrected chi connectivity index (χ3v) is 5.01. The summed E-state index contributed by atoms with van der Waals surface area (Å²) in [6, 6.07) is 5.04. The molecule has 0 bridgehead atoms. The molecule has 0 aliphatic heterocycles. The number of benzene rings is 1. The van der Waals surface area contributed by atoms with Gasteiger partial charge in [-0.05, 0) is 31.5 Å². The van der Waals surface area contributed by atoms with Crippen LogP contribution < -0.4 is 10.6 Å². The van der Waals surface area contributed by atoms with Crippen molar-refractivity contribution >= 4 is 45.8 Å². The molecule has 128 valence electrons. The lowest BCUT2D eigenvalue weighted by atomic mass is 10.1. The third kappa shape index (κ3) is 4.93. The first-order valence-corrected chi connectivity index (χ1v) is 9.02. The molecule has 2 N–H and O–H groups in total. The number of thioether (sulfide) groups is 1. The maximum absolute atomic E-state index is 12.1. The van der Waals surface area contributed by atoms with Crippen molar-refractivity contribution in [2.75, 3.05) is 30.0 Å². The van der Waals surface area contributed by atoms with Crippen molar-refractivity contribution in [3.63, 3.8) is 0 Å². The Morgan fingerprint density at radius 3 is 2.83 bits per heavy atom. The number of hydrogen-bond donors (Lipinski definition) is 2. The van der Waals surface area contributed by atoms with Crippen LogP contribution in [0.4, 0.5) is 10.8 Å². The van der Waals surface area contributed by atoms with Gasteiger partial charge in [-0.15, -0.1) is 10.2 Å². The third-order valence-electron chi connectivity index (χ3n) is 2.99. The van der Waals surface area contributed by atoms with Crippen LogP contribution in [0.5, 0.6) is 0 Å². The van der Waals surface area contributed by atoms with Gasteiger partial charge >= 0.3 is 5.97 Å². The first-order chi connectivity index (χ1) is 11.5. The van der Waals surface area contributed by atoms with E-state index in [1.807, 2.05) is 13.8 Å². The van der Waals surface area contributed by atoms with Gasteiger partial charge in [0.2, 0.25) is 11.0 Å². The number of amides is 1. The molecule has 1 aromatic heterocycles. The largest absolute Gasteiger partial charge is 0.465 e. The van der Waals surface area contributed by atoms with Crippen LogP contribution in [0.3, 0.4) is 0 Å². The van der Waals surface area contributed by atoms with E-state index in [1.54, 1.807) is 18.2 Å². The van der Waals surface area contributed by atoms with Crippen LogP contribution in [0.2, 0.25) is 0 Å². The molecule has 0 saturated carbocycles. The highest BCUT2D eigenvalue weighted by Gasteiger charge is 2.12. The van der Waals surface area contributed by atoms with E-state index in [0.29, 0.717) is 11.3 Å². The van der Waals surface area contributed by atoms with Gasteiger partial charge in [0.15, 0.2) is 4.34 Å². The van der Waals surface area contributed by atoms with Crippen LogP contribution in [0.15, 0.2) is 22.5 Å². The highest BCUT2D eigenvalue weighted by molar-refractivity contribution is 8.01. The average molecular weight is 366 g/mol. The lowest BCUT2D eigenvalue weighted by molar-refractivity contribution is -0.113. The smallest absolute Gasteiger partial charge is 0.337 e. The highest BCUT2D eigenvalue weighted by Crippen LogP contribution is 2.25. The molecule has 0 aliphatic carbocycles. The molecule has 0 radical (unpaired) electrons. The fraction of sp³-hybridized carbons (Fsp3) is 0.333. The molecule has 0 aliphatic rings. The summed E-state index contributed by atoms with van der Waals surface area (Å²) in [4.78, 5) is 23.7. The fourth-order valence-corrected chi connectivity index (χ4v) is 3.43. The van der Waals surface area contributed by atoms with E-state index in [9.17, 15) is 9.59 Å². The second-order valence-corrected chi connectivity index (χ2v) is 6.96. The molecule has 7 nitrogen and oxygen atoms in total. The molecule has 0 saturated heterocycles. The molecular formula is C15H18N4O3S2. The van der Waals surface area contributed by atoms with E-state index in [2.05, 4.69) is 25.6 Å². The Hall–Kier alpha value is -2.13. The first kappa shape index (κ1) is 18.2. The van der Waals surface area contributed by atoms with Crippen molar-refractivity contribution in [1.29, 1.82) is 0 Å². The number of rotatable bonds is 7. The average Bonchev–Trinajstić information content (AvgIpc) is 3.02. The van der Waals surface area contributed by atoms with Crippen LogP contribution in [-0.2, 0) is 9.53 Å². The van der Waals surface area contributed by atoms with Crippen LogP contribution in [0.1, 0.15) is 22.8 Å². The Bertz CT molecular complexity index is 733. The maximum atomic E-state index is 12.1. The summed E-state index contributed by atoms with van der Waals surface area (Å²) in [5.41, 5.74) is 1.85. The number of methoxy groups -OCH3 is 1. The zero-order valence-electron chi connectivity index (χ0n) is 13.6. The molecule has 1 heterocycles. The number of anilines is 2. The lowest BCUT2D eigenvalue weighted by Gasteiger charge is -2.09. The normalized spacial score (nSPS) is 10.3. The summed E-state index contributed by atoms with van der Waals surface area (Å²) < 4.78 is 5.41. The monoisotopic (exact) mass is 366 g/mol. The first-order valence-electron chi connectivity index (χ1n) is 7.22. The van der Waals surface area contributed by atoms with Gasteiger partial charge in [0.1, 0.15) is 0 Å². The Morgan fingerprint density at radius 2 is 2.12 bits per heavy atom. The predicted octanol–water partition coefficient (Wildman–Crippen LogP) is 2.80. The van der Waals surface area contributed by atoms with Crippen LogP contribution in [-0.4, -0.2) is 41.5 Å². The number of nitrogens with zero attached hydrogens (tertiary/aromatic N) is 2.